The molecule has 0 saturated carbocycles. The number of anilines is 1. The predicted octanol–water partition coefficient (Wildman–Crippen LogP) is 5.35. The summed E-state index contributed by atoms with van der Waals surface area (Å²) in [4.78, 5) is 1.42. The topological polar surface area (TPSA) is 12.0 Å². The van der Waals surface area contributed by atoms with Crippen LogP contribution in [0, 0.1) is 6.92 Å². The molecule has 0 aliphatic rings. The first kappa shape index (κ1) is 13.2. The van der Waals surface area contributed by atoms with E-state index < -0.39 is 0 Å². The van der Waals surface area contributed by atoms with Gasteiger partial charge in [-0.3, -0.25) is 0 Å². The fourth-order valence-corrected chi connectivity index (χ4v) is 3.04. The molecular formula is C16H21NS. The number of hydrogen-bond donors (Lipinski definition) is 1. The van der Waals surface area contributed by atoms with Gasteiger partial charge in [0.15, 0.2) is 0 Å². The first-order valence-corrected chi connectivity index (χ1v) is 7.36. The summed E-state index contributed by atoms with van der Waals surface area (Å²) in [6, 6.07) is 11.3. The first-order valence-electron chi connectivity index (χ1n) is 6.48. The van der Waals surface area contributed by atoms with E-state index >= 15 is 0 Å². The molecule has 2 aromatic rings. The van der Waals surface area contributed by atoms with Gasteiger partial charge in [-0.2, -0.15) is 0 Å². The van der Waals surface area contributed by atoms with Crippen LogP contribution in [0.1, 0.15) is 48.7 Å². The van der Waals surface area contributed by atoms with Gasteiger partial charge >= 0.3 is 0 Å². The Labute approximate surface area is 114 Å². The summed E-state index contributed by atoms with van der Waals surface area (Å²) in [7, 11) is 0. The van der Waals surface area contributed by atoms with Gasteiger partial charge < -0.3 is 5.32 Å². The van der Waals surface area contributed by atoms with Gasteiger partial charge in [-0.25, -0.2) is 0 Å². The summed E-state index contributed by atoms with van der Waals surface area (Å²) >= 11 is 1.82. The third-order valence-electron chi connectivity index (χ3n) is 3.26. The fourth-order valence-electron chi connectivity index (χ4n) is 2.11. The quantitative estimate of drug-likeness (QED) is 0.780. The molecule has 1 heterocycles. The van der Waals surface area contributed by atoms with Gasteiger partial charge in [0.1, 0.15) is 0 Å². The van der Waals surface area contributed by atoms with Crippen molar-refractivity contribution in [3.63, 3.8) is 0 Å². The van der Waals surface area contributed by atoms with E-state index in [-0.39, 0.29) is 0 Å². The maximum atomic E-state index is 3.56. The Morgan fingerprint density at radius 2 is 1.67 bits per heavy atom. The van der Waals surface area contributed by atoms with Crippen LogP contribution >= 0.6 is 11.3 Å². The zero-order valence-corrected chi connectivity index (χ0v) is 12.3. The lowest BCUT2D eigenvalue weighted by Gasteiger charge is -2.16. The minimum Gasteiger partial charge on any atom is -0.378 e. The highest BCUT2D eigenvalue weighted by Gasteiger charge is 2.09. The molecule has 96 valence electrons. The van der Waals surface area contributed by atoms with Crippen LogP contribution in [0.2, 0.25) is 0 Å². The van der Waals surface area contributed by atoms with Crippen LogP contribution in [-0.4, -0.2) is 0 Å². The molecule has 1 aromatic carbocycles. The average Bonchev–Trinajstić information content (AvgIpc) is 2.76. The number of benzene rings is 1. The summed E-state index contributed by atoms with van der Waals surface area (Å²) in [6.45, 7) is 8.83. The van der Waals surface area contributed by atoms with Crippen molar-refractivity contribution in [2.75, 3.05) is 5.32 Å². The average molecular weight is 259 g/mol. The molecule has 1 unspecified atom stereocenters. The molecule has 0 radical (unpaired) electrons. The van der Waals surface area contributed by atoms with Gasteiger partial charge in [-0.05, 0) is 54.5 Å². The van der Waals surface area contributed by atoms with Crippen molar-refractivity contribution in [3.05, 3.63) is 51.7 Å². The van der Waals surface area contributed by atoms with Crippen molar-refractivity contribution in [1.82, 2.24) is 0 Å². The normalized spacial score (nSPS) is 12.7. The zero-order chi connectivity index (χ0) is 13.1. The summed E-state index contributed by atoms with van der Waals surface area (Å²) in [5.74, 6) is 0.594. The number of aryl methyl sites for hydroxylation is 1. The smallest absolute Gasteiger partial charge is 0.0581 e. The predicted molar refractivity (Wildman–Crippen MR) is 81.6 cm³/mol. The maximum Gasteiger partial charge on any atom is 0.0581 e. The molecule has 2 heteroatoms. The lowest BCUT2D eigenvalue weighted by atomic mass is 10.0. The third-order valence-corrected chi connectivity index (χ3v) is 4.46. The van der Waals surface area contributed by atoms with Gasteiger partial charge in [-0.15, -0.1) is 11.3 Å². The van der Waals surface area contributed by atoms with Crippen LogP contribution in [0.5, 0.6) is 0 Å². The minimum absolute atomic E-state index is 0.370. The summed E-state index contributed by atoms with van der Waals surface area (Å²) in [5, 5.41) is 5.72. The van der Waals surface area contributed by atoms with Crippen LogP contribution in [0.4, 0.5) is 5.69 Å². The van der Waals surface area contributed by atoms with E-state index in [1.807, 2.05) is 11.3 Å². The van der Waals surface area contributed by atoms with E-state index in [9.17, 15) is 0 Å². The van der Waals surface area contributed by atoms with Crippen molar-refractivity contribution in [3.8, 4) is 0 Å². The molecule has 0 saturated heterocycles. The Morgan fingerprint density at radius 1 is 1.00 bits per heavy atom. The molecular weight excluding hydrogens is 238 g/mol. The van der Waals surface area contributed by atoms with Crippen LogP contribution in [0.25, 0.3) is 0 Å². The van der Waals surface area contributed by atoms with E-state index in [0.717, 1.165) is 0 Å². The molecule has 0 fully saturated rings. The van der Waals surface area contributed by atoms with Crippen LogP contribution in [-0.2, 0) is 0 Å². The molecule has 1 atom stereocenters. The lowest BCUT2D eigenvalue weighted by Crippen LogP contribution is -2.06. The van der Waals surface area contributed by atoms with Crippen LogP contribution in [0.15, 0.2) is 35.7 Å². The second kappa shape index (κ2) is 5.57. The lowest BCUT2D eigenvalue weighted by molar-refractivity contribution is 0.864. The third kappa shape index (κ3) is 2.94. The van der Waals surface area contributed by atoms with Crippen molar-refractivity contribution in [2.24, 2.45) is 0 Å². The second-order valence-corrected chi connectivity index (χ2v) is 6.06. The Kier molecular flexibility index (Phi) is 4.07. The molecule has 2 rings (SSSR count). The van der Waals surface area contributed by atoms with Gasteiger partial charge in [0, 0.05) is 10.6 Å². The molecule has 1 N–H and O–H groups in total. The monoisotopic (exact) mass is 259 g/mol. The fraction of sp³-hybridized carbons (Fsp3) is 0.375. The largest absolute Gasteiger partial charge is 0.378 e. The Bertz CT molecular complexity index is 496. The number of rotatable bonds is 4. The molecule has 1 aromatic heterocycles. The molecule has 0 bridgehead atoms. The van der Waals surface area contributed by atoms with Crippen molar-refractivity contribution in [2.45, 2.75) is 39.7 Å². The van der Waals surface area contributed by atoms with E-state index in [4.69, 9.17) is 0 Å². The van der Waals surface area contributed by atoms with Gasteiger partial charge in [0.25, 0.3) is 0 Å². The first-order chi connectivity index (χ1) is 8.58. The highest BCUT2D eigenvalue weighted by molar-refractivity contribution is 7.10. The molecule has 1 nitrogen and oxygen atoms in total. The van der Waals surface area contributed by atoms with Gasteiger partial charge in [0.2, 0.25) is 0 Å². The van der Waals surface area contributed by atoms with Crippen LogP contribution < -0.4 is 5.32 Å². The van der Waals surface area contributed by atoms with Gasteiger partial charge in [0.05, 0.1) is 6.04 Å². The number of hydrogen-bond acceptors (Lipinski definition) is 2. The standard InChI is InChI=1S/C16H21NS/c1-11(2)14-5-7-15(8-6-14)17-13(4)16-12(3)9-10-18-16/h5-11,13,17H,1-4H3. The number of thiophene rings is 1. The molecule has 18 heavy (non-hydrogen) atoms. The second-order valence-electron chi connectivity index (χ2n) is 5.11. The van der Waals surface area contributed by atoms with E-state index in [0.29, 0.717) is 12.0 Å². The van der Waals surface area contributed by atoms with Crippen molar-refractivity contribution < 1.29 is 0 Å². The van der Waals surface area contributed by atoms with Crippen molar-refractivity contribution in [1.29, 1.82) is 0 Å². The summed E-state index contributed by atoms with van der Waals surface area (Å²) in [5.41, 5.74) is 3.96. The van der Waals surface area contributed by atoms with Crippen LogP contribution in [0.3, 0.4) is 0 Å². The Balaban J connectivity index is 2.08. The van der Waals surface area contributed by atoms with E-state index in [2.05, 4.69) is 68.7 Å². The van der Waals surface area contributed by atoms with E-state index in [1.165, 1.54) is 21.7 Å². The Morgan fingerprint density at radius 3 is 2.17 bits per heavy atom. The van der Waals surface area contributed by atoms with Gasteiger partial charge in [-0.1, -0.05) is 26.0 Å². The minimum atomic E-state index is 0.370. The molecule has 0 spiro atoms. The maximum absolute atomic E-state index is 3.56. The van der Waals surface area contributed by atoms with E-state index in [1.54, 1.807) is 0 Å². The number of nitrogens with one attached hydrogen (secondary N) is 1. The summed E-state index contributed by atoms with van der Waals surface area (Å²) in [6.07, 6.45) is 0. The Hall–Kier alpha value is -1.28. The summed E-state index contributed by atoms with van der Waals surface area (Å²) < 4.78 is 0. The SMILES string of the molecule is Cc1ccsc1C(C)Nc1ccc(C(C)C)cc1. The highest BCUT2D eigenvalue weighted by Crippen LogP contribution is 2.27. The zero-order valence-electron chi connectivity index (χ0n) is 11.5. The molecule has 0 aliphatic carbocycles. The highest BCUT2D eigenvalue weighted by atomic mass is 32.1. The molecule has 0 amide bonds. The molecule has 0 aliphatic heterocycles. The van der Waals surface area contributed by atoms with Crippen molar-refractivity contribution >= 4 is 17.0 Å².